The lowest BCUT2D eigenvalue weighted by atomic mass is 9.87. The van der Waals surface area contributed by atoms with Crippen LogP contribution in [-0.2, 0) is 22.7 Å². The average molecular weight is 653 g/mol. The summed E-state index contributed by atoms with van der Waals surface area (Å²) in [5.41, 5.74) is 2.97. The predicted octanol–water partition coefficient (Wildman–Crippen LogP) is 2.70. The lowest BCUT2D eigenvalue weighted by Crippen LogP contribution is -2.55. The Morgan fingerprint density at radius 2 is 1.85 bits per heavy atom. The van der Waals surface area contributed by atoms with Crippen LogP contribution >= 0.6 is 22.6 Å². The smallest absolute Gasteiger partial charge is 0.247 e. The van der Waals surface area contributed by atoms with Crippen molar-refractivity contribution in [3.8, 4) is 11.5 Å². The Hall–Kier alpha value is -2.67. The standard InChI is InChI=1S/C29H37IN2O7/c1-17(2)29(37)32(15-19-7-5-18(3)6-8-19)23-13-21(28(36)31-9-10-33)14-24(26(23)35)39-27-22(30)11-20(16-34)12-25(27)38-4/h5-8,11-12,14,17,23-24,26,33-35H,9-10,13,15-16H2,1-4H3,(H,31,36)/t23-,24+,26+/m1/s1. The van der Waals surface area contributed by atoms with Gasteiger partial charge in [0.05, 0.1) is 29.9 Å². The van der Waals surface area contributed by atoms with Crippen molar-refractivity contribution in [3.05, 3.63) is 68.3 Å². The van der Waals surface area contributed by atoms with E-state index >= 15 is 0 Å². The van der Waals surface area contributed by atoms with Crippen LogP contribution < -0.4 is 14.8 Å². The third-order valence-electron chi connectivity index (χ3n) is 6.59. The molecule has 1 aliphatic rings. The summed E-state index contributed by atoms with van der Waals surface area (Å²) in [4.78, 5) is 28.1. The number of halogens is 1. The average Bonchev–Trinajstić information content (AvgIpc) is 2.92. The highest BCUT2D eigenvalue weighted by molar-refractivity contribution is 14.1. The van der Waals surface area contributed by atoms with E-state index in [2.05, 4.69) is 27.9 Å². The number of carbonyl (C=O) groups is 2. The zero-order chi connectivity index (χ0) is 28.7. The molecule has 2 aromatic carbocycles. The Labute approximate surface area is 243 Å². The van der Waals surface area contributed by atoms with E-state index in [1.54, 1.807) is 37.0 Å². The van der Waals surface area contributed by atoms with Gasteiger partial charge in [0, 0.05) is 31.0 Å². The number of nitrogens with zero attached hydrogens (tertiary/aromatic N) is 1. The summed E-state index contributed by atoms with van der Waals surface area (Å²) in [7, 11) is 1.48. The van der Waals surface area contributed by atoms with Gasteiger partial charge < -0.3 is 35.0 Å². The van der Waals surface area contributed by atoms with E-state index in [4.69, 9.17) is 9.47 Å². The van der Waals surface area contributed by atoms with Crippen molar-refractivity contribution >= 4 is 34.4 Å². The molecule has 0 fully saturated rings. The second kappa shape index (κ2) is 14.1. The number of hydrogen-bond donors (Lipinski definition) is 4. The van der Waals surface area contributed by atoms with Gasteiger partial charge >= 0.3 is 0 Å². The third-order valence-corrected chi connectivity index (χ3v) is 7.39. The molecule has 0 saturated carbocycles. The van der Waals surface area contributed by atoms with Crippen LogP contribution in [0.2, 0.25) is 0 Å². The fraction of sp³-hybridized carbons (Fsp3) is 0.448. The molecular weight excluding hydrogens is 615 g/mol. The monoisotopic (exact) mass is 652 g/mol. The van der Waals surface area contributed by atoms with E-state index in [1.807, 2.05) is 31.2 Å². The van der Waals surface area contributed by atoms with Crippen LogP contribution in [0.15, 0.2) is 48.0 Å². The number of amides is 2. The summed E-state index contributed by atoms with van der Waals surface area (Å²) in [5, 5.41) is 33.1. The highest BCUT2D eigenvalue weighted by atomic mass is 127. The summed E-state index contributed by atoms with van der Waals surface area (Å²) >= 11 is 2.06. The molecule has 0 bridgehead atoms. The van der Waals surface area contributed by atoms with E-state index in [0.29, 0.717) is 26.2 Å². The number of aliphatic hydroxyl groups is 3. The van der Waals surface area contributed by atoms with Crippen LogP contribution in [0.4, 0.5) is 0 Å². The number of methoxy groups -OCH3 is 1. The largest absolute Gasteiger partial charge is 0.493 e. The van der Waals surface area contributed by atoms with Crippen molar-refractivity contribution in [3.63, 3.8) is 0 Å². The molecular formula is C29H37IN2O7. The van der Waals surface area contributed by atoms with E-state index in [1.165, 1.54) is 7.11 Å². The summed E-state index contributed by atoms with van der Waals surface area (Å²) in [6.45, 7) is 5.51. The molecule has 9 nitrogen and oxygen atoms in total. The third kappa shape index (κ3) is 7.71. The first kappa shape index (κ1) is 30.9. The minimum absolute atomic E-state index is 0.0707. The number of carbonyl (C=O) groups excluding carboxylic acids is 2. The number of aliphatic hydroxyl groups excluding tert-OH is 3. The van der Waals surface area contributed by atoms with Crippen LogP contribution in [0.3, 0.4) is 0 Å². The molecule has 3 rings (SSSR count). The molecule has 4 N–H and O–H groups in total. The first-order valence-electron chi connectivity index (χ1n) is 12.9. The summed E-state index contributed by atoms with van der Waals surface area (Å²) < 4.78 is 12.4. The van der Waals surface area contributed by atoms with E-state index < -0.39 is 24.2 Å². The van der Waals surface area contributed by atoms with E-state index in [9.17, 15) is 24.9 Å². The molecule has 0 heterocycles. The van der Waals surface area contributed by atoms with Gasteiger partial charge in [-0.1, -0.05) is 43.7 Å². The molecule has 3 atom stereocenters. The highest BCUT2D eigenvalue weighted by Crippen LogP contribution is 2.37. The summed E-state index contributed by atoms with van der Waals surface area (Å²) in [6.07, 6.45) is -0.472. The zero-order valence-corrected chi connectivity index (χ0v) is 24.8. The van der Waals surface area contributed by atoms with Gasteiger partial charge in [-0.15, -0.1) is 0 Å². The number of hydrogen-bond acceptors (Lipinski definition) is 7. The maximum atomic E-state index is 13.5. The predicted molar refractivity (Wildman–Crippen MR) is 155 cm³/mol. The van der Waals surface area contributed by atoms with Crippen molar-refractivity contribution in [1.82, 2.24) is 10.2 Å². The van der Waals surface area contributed by atoms with Gasteiger partial charge in [0.1, 0.15) is 12.2 Å². The molecule has 212 valence electrons. The van der Waals surface area contributed by atoms with Crippen molar-refractivity contribution in [1.29, 1.82) is 0 Å². The molecule has 0 unspecified atom stereocenters. The molecule has 0 saturated heterocycles. The van der Waals surface area contributed by atoms with Gasteiger partial charge in [-0.2, -0.15) is 0 Å². The van der Waals surface area contributed by atoms with Crippen LogP contribution in [-0.4, -0.2) is 70.5 Å². The lowest BCUT2D eigenvalue weighted by Gasteiger charge is -2.41. The first-order valence-corrected chi connectivity index (χ1v) is 13.9. The van der Waals surface area contributed by atoms with Crippen molar-refractivity contribution in [2.75, 3.05) is 20.3 Å². The Kier molecular flexibility index (Phi) is 11.2. The Bertz CT molecular complexity index is 1180. The molecule has 2 aromatic rings. The quantitative estimate of drug-likeness (QED) is 0.275. The maximum Gasteiger partial charge on any atom is 0.247 e. The van der Waals surface area contributed by atoms with Gasteiger partial charge in [-0.25, -0.2) is 0 Å². The summed E-state index contributed by atoms with van der Waals surface area (Å²) in [6, 6.07) is 10.5. The highest BCUT2D eigenvalue weighted by Gasteiger charge is 2.41. The lowest BCUT2D eigenvalue weighted by molar-refractivity contribution is -0.142. The zero-order valence-electron chi connectivity index (χ0n) is 22.7. The van der Waals surface area contributed by atoms with Gasteiger partial charge in [-0.05, 0) is 58.9 Å². The summed E-state index contributed by atoms with van der Waals surface area (Å²) in [5.74, 6) is -0.179. The molecule has 10 heteroatoms. The van der Waals surface area contributed by atoms with Crippen molar-refractivity contribution in [2.45, 2.75) is 58.6 Å². The minimum Gasteiger partial charge on any atom is -0.493 e. The Balaban J connectivity index is 2.04. The Morgan fingerprint density at radius 3 is 2.44 bits per heavy atom. The maximum absolute atomic E-state index is 13.5. The van der Waals surface area contributed by atoms with E-state index in [-0.39, 0.29) is 44.5 Å². The van der Waals surface area contributed by atoms with Gasteiger partial charge in [0.15, 0.2) is 11.5 Å². The SMILES string of the molecule is COc1cc(CO)cc(I)c1O[C@H]1C=C(C(=O)NCCO)C[C@@H](N(Cc2ccc(C)cc2)C(=O)C(C)C)[C@@H]1O. The molecule has 0 radical (unpaired) electrons. The number of nitrogens with one attached hydrogen (secondary N) is 1. The second-order valence-electron chi connectivity index (χ2n) is 9.89. The number of rotatable bonds is 11. The molecule has 0 aliphatic heterocycles. The second-order valence-corrected chi connectivity index (χ2v) is 11.1. The fourth-order valence-electron chi connectivity index (χ4n) is 4.47. The molecule has 1 aliphatic carbocycles. The Morgan fingerprint density at radius 1 is 1.15 bits per heavy atom. The first-order chi connectivity index (χ1) is 18.6. The number of ether oxygens (including phenoxy) is 2. The minimum atomic E-state index is -1.16. The molecule has 2 amide bonds. The number of benzene rings is 2. The van der Waals surface area contributed by atoms with Crippen LogP contribution in [0.1, 0.15) is 37.0 Å². The van der Waals surface area contributed by atoms with Crippen molar-refractivity contribution in [2.24, 2.45) is 5.92 Å². The molecule has 0 spiro atoms. The molecule has 0 aromatic heterocycles. The van der Waals surface area contributed by atoms with Gasteiger partial charge in [0.2, 0.25) is 11.8 Å². The van der Waals surface area contributed by atoms with Crippen LogP contribution in [0.5, 0.6) is 11.5 Å². The van der Waals surface area contributed by atoms with Gasteiger partial charge in [0.25, 0.3) is 0 Å². The topological polar surface area (TPSA) is 129 Å². The molecule has 39 heavy (non-hydrogen) atoms. The van der Waals surface area contributed by atoms with E-state index in [0.717, 1.165) is 11.1 Å². The van der Waals surface area contributed by atoms with Crippen LogP contribution in [0, 0.1) is 16.4 Å². The fourth-order valence-corrected chi connectivity index (χ4v) is 5.27. The van der Waals surface area contributed by atoms with Crippen LogP contribution in [0.25, 0.3) is 0 Å². The van der Waals surface area contributed by atoms with Gasteiger partial charge in [-0.3, -0.25) is 9.59 Å². The van der Waals surface area contributed by atoms with Crippen molar-refractivity contribution < 1.29 is 34.4 Å². The number of aryl methyl sites for hydroxylation is 1. The normalized spacial score (nSPS) is 18.9.